The first-order valence-corrected chi connectivity index (χ1v) is 10.7. The maximum absolute atomic E-state index is 12.7. The summed E-state index contributed by atoms with van der Waals surface area (Å²) in [6, 6.07) is 19.0. The molecule has 0 unspecified atom stereocenters. The quantitative estimate of drug-likeness (QED) is 0.255. The van der Waals surface area contributed by atoms with Gasteiger partial charge in [-0.25, -0.2) is 14.8 Å². The number of carbonyl (C=O) groups is 1. The lowest BCUT2D eigenvalue weighted by Gasteiger charge is -2.19. The van der Waals surface area contributed by atoms with E-state index in [9.17, 15) is 4.79 Å². The molecule has 164 valence electrons. The number of pyridine rings is 2. The average molecular weight is 429 g/mol. The van der Waals surface area contributed by atoms with Gasteiger partial charge >= 0.3 is 6.16 Å². The van der Waals surface area contributed by atoms with E-state index in [1.165, 1.54) is 0 Å². The fourth-order valence-corrected chi connectivity index (χ4v) is 3.44. The van der Waals surface area contributed by atoms with E-state index >= 15 is 0 Å². The van der Waals surface area contributed by atoms with Crippen molar-refractivity contribution < 1.29 is 14.3 Å². The highest BCUT2D eigenvalue weighted by Gasteiger charge is 2.20. The maximum Gasteiger partial charge on any atom is 0.519 e. The molecule has 0 spiro atoms. The Balaban J connectivity index is 1.66. The van der Waals surface area contributed by atoms with Crippen molar-refractivity contribution in [1.82, 2.24) is 9.97 Å². The van der Waals surface area contributed by atoms with Crippen LogP contribution >= 0.6 is 0 Å². The van der Waals surface area contributed by atoms with Gasteiger partial charge in [-0.15, -0.1) is 0 Å². The summed E-state index contributed by atoms with van der Waals surface area (Å²) in [6.07, 6.45) is -0.823. The molecule has 0 radical (unpaired) electrons. The van der Waals surface area contributed by atoms with Gasteiger partial charge in [0.2, 0.25) is 0 Å². The first kappa shape index (κ1) is 21.8. The van der Waals surface area contributed by atoms with Crippen LogP contribution < -0.4 is 9.47 Å². The number of hydrogen-bond donors (Lipinski definition) is 0. The standard InChI is InChI=1S/C27H28N2O3/c1-26(2,3)21-15-13-17-9-7-11-19(23(17)28-21)31-25(30)32-20-12-8-10-18-14-16-22(27(4,5)6)29-24(18)20/h7-16H,1-6H3. The Morgan fingerprint density at radius 2 is 1.03 bits per heavy atom. The zero-order valence-electron chi connectivity index (χ0n) is 19.4. The minimum absolute atomic E-state index is 0.124. The second-order valence-electron chi connectivity index (χ2n) is 10.0. The van der Waals surface area contributed by atoms with Crippen molar-refractivity contribution in [2.75, 3.05) is 0 Å². The molecule has 5 nitrogen and oxygen atoms in total. The Bertz CT molecular complexity index is 1210. The first-order chi connectivity index (χ1) is 15.0. The lowest BCUT2D eigenvalue weighted by Crippen LogP contribution is -2.16. The van der Waals surface area contributed by atoms with Gasteiger partial charge < -0.3 is 9.47 Å². The second kappa shape index (κ2) is 7.90. The SMILES string of the molecule is CC(C)(C)c1ccc2cccc(OC(=O)Oc3cccc4ccc(C(C)(C)C)nc34)c2n1. The molecule has 0 atom stereocenters. The molecule has 32 heavy (non-hydrogen) atoms. The Morgan fingerprint density at radius 3 is 1.41 bits per heavy atom. The Kier molecular flexibility index (Phi) is 5.37. The van der Waals surface area contributed by atoms with E-state index in [2.05, 4.69) is 41.5 Å². The van der Waals surface area contributed by atoms with E-state index < -0.39 is 6.16 Å². The van der Waals surface area contributed by atoms with Crippen LogP contribution in [0, 0.1) is 0 Å². The predicted octanol–water partition coefficient (Wildman–Crippen LogP) is 6.96. The van der Waals surface area contributed by atoms with Crippen LogP contribution in [0.15, 0.2) is 60.7 Å². The van der Waals surface area contributed by atoms with Crippen molar-refractivity contribution in [3.8, 4) is 11.5 Å². The zero-order chi connectivity index (χ0) is 23.1. The van der Waals surface area contributed by atoms with Crippen LogP contribution in [0.4, 0.5) is 4.79 Å². The fraction of sp³-hybridized carbons (Fsp3) is 0.296. The van der Waals surface area contributed by atoms with Crippen LogP contribution in [0.3, 0.4) is 0 Å². The van der Waals surface area contributed by atoms with E-state index in [1.54, 1.807) is 12.1 Å². The molecule has 2 aromatic carbocycles. The summed E-state index contributed by atoms with van der Waals surface area (Å²) >= 11 is 0. The van der Waals surface area contributed by atoms with Crippen molar-refractivity contribution in [3.05, 3.63) is 72.1 Å². The Hall–Kier alpha value is -3.47. The summed E-state index contributed by atoms with van der Waals surface area (Å²) in [5.41, 5.74) is 2.85. The highest BCUT2D eigenvalue weighted by atomic mass is 16.7. The third-order valence-electron chi connectivity index (χ3n) is 5.29. The van der Waals surface area contributed by atoms with Crippen LogP contribution in [0.25, 0.3) is 21.8 Å². The molecule has 4 aromatic rings. The molecule has 0 N–H and O–H groups in total. The van der Waals surface area contributed by atoms with E-state index in [0.717, 1.165) is 22.2 Å². The van der Waals surface area contributed by atoms with Gasteiger partial charge in [-0.1, -0.05) is 77.9 Å². The van der Waals surface area contributed by atoms with Crippen molar-refractivity contribution in [1.29, 1.82) is 0 Å². The minimum atomic E-state index is -0.823. The summed E-state index contributed by atoms with van der Waals surface area (Å²) in [6.45, 7) is 12.6. The number of nitrogens with zero attached hydrogens (tertiary/aromatic N) is 2. The molecule has 0 aliphatic carbocycles. The second-order valence-corrected chi connectivity index (χ2v) is 10.0. The first-order valence-electron chi connectivity index (χ1n) is 10.7. The monoisotopic (exact) mass is 428 g/mol. The predicted molar refractivity (Wildman–Crippen MR) is 128 cm³/mol. The average Bonchev–Trinajstić information content (AvgIpc) is 2.72. The number of ether oxygens (including phenoxy) is 2. The molecule has 0 aliphatic heterocycles. The van der Waals surface area contributed by atoms with Gasteiger partial charge in [0.25, 0.3) is 0 Å². The molecular formula is C27H28N2O3. The Labute approximate surface area is 188 Å². The summed E-state index contributed by atoms with van der Waals surface area (Å²) in [5.74, 6) is 0.726. The van der Waals surface area contributed by atoms with Crippen LogP contribution in [-0.4, -0.2) is 16.1 Å². The summed E-state index contributed by atoms with van der Waals surface area (Å²) in [7, 11) is 0. The lowest BCUT2D eigenvalue weighted by molar-refractivity contribution is 0.153. The van der Waals surface area contributed by atoms with Gasteiger partial charge in [0.1, 0.15) is 11.0 Å². The Morgan fingerprint density at radius 1 is 0.625 bits per heavy atom. The van der Waals surface area contributed by atoms with E-state index in [4.69, 9.17) is 19.4 Å². The highest BCUT2D eigenvalue weighted by molar-refractivity contribution is 5.89. The van der Waals surface area contributed by atoms with Crippen LogP contribution in [-0.2, 0) is 10.8 Å². The maximum atomic E-state index is 12.7. The van der Waals surface area contributed by atoms with Crippen molar-refractivity contribution >= 4 is 28.0 Å². The number of benzene rings is 2. The van der Waals surface area contributed by atoms with Gasteiger partial charge in [0.15, 0.2) is 11.5 Å². The third kappa shape index (κ3) is 4.42. The highest BCUT2D eigenvalue weighted by Crippen LogP contribution is 2.30. The fourth-order valence-electron chi connectivity index (χ4n) is 3.44. The zero-order valence-corrected chi connectivity index (χ0v) is 19.4. The van der Waals surface area contributed by atoms with E-state index in [1.807, 2.05) is 48.5 Å². The number of carbonyl (C=O) groups excluding carboxylic acids is 1. The normalized spacial score (nSPS) is 12.2. The molecule has 0 saturated heterocycles. The number of para-hydroxylation sites is 2. The van der Waals surface area contributed by atoms with Crippen LogP contribution in [0.5, 0.6) is 11.5 Å². The van der Waals surface area contributed by atoms with Crippen LogP contribution in [0.2, 0.25) is 0 Å². The van der Waals surface area contributed by atoms with Crippen molar-refractivity contribution in [2.45, 2.75) is 52.4 Å². The molecule has 0 amide bonds. The molecule has 4 rings (SSSR count). The van der Waals surface area contributed by atoms with E-state index in [-0.39, 0.29) is 10.8 Å². The number of aromatic nitrogens is 2. The van der Waals surface area contributed by atoms with Gasteiger partial charge in [-0.3, -0.25) is 0 Å². The molecule has 2 aromatic heterocycles. The molecule has 0 bridgehead atoms. The largest absolute Gasteiger partial charge is 0.519 e. The van der Waals surface area contributed by atoms with Gasteiger partial charge in [0.05, 0.1) is 0 Å². The minimum Gasteiger partial charge on any atom is -0.392 e. The van der Waals surface area contributed by atoms with Gasteiger partial charge in [-0.2, -0.15) is 0 Å². The van der Waals surface area contributed by atoms with Crippen molar-refractivity contribution in [3.63, 3.8) is 0 Å². The summed E-state index contributed by atoms with van der Waals surface area (Å²) in [5, 5.41) is 1.79. The smallest absolute Gasteiger partial charge is 0.392 e. The third-order valence-corrected chi connectivity index (χ3v) is 5.29. The van der Waals surface area contributed by atoms with Gasteiger partial charge in [-0.05, 0) is 24.3 Å². The number of hydrogen-bond acceptors (Lipinski definition) is 5. The molecular weight excluding hydrogens is 400 g/mol. The topological polar surface area (TPSA) is 61.3 Å². The molecule has 0 aliphatic rings. The summed E-state index contributed by atoms with van der Waals surface area (Å²) < 4.78 is 11.2. The lowest BCUT2D eigenvalue weighted by atomic mass is 9.91. The van der Waals surface area contributed by atoms with Crippen LogP contribution in [0.1, 0.15) is 52.9 Å². The molecule has 0 fully saturated rings. The molecule has 2 heterocycles. The van der Waals surface area contributed by atoms with Gasteiger partial charge in [0, 0.05) is 33.0 Å². The number of fused-ring (bicyclic) bond motifs is 2. The molecule has 0 saturated carbocycles. The van der Waals surface area contributed by atoms with E-state index in [0.29, 0.717) is 22.5 Å². The molecule has 5 heteroatoms. The summed E-state index contributed by atoms with van der Waals surface area (Å²) in [4.78, 5) is 22.2. The number of rotatable bonds is 2. The van der Waals surface area contributed by atoms with Crippen molar-refractivity contribution in [2.24, 2.45) is 0 Å².